The van der Waals surface area contributed by atoms with Crippen molar-refractivity contribution in [2.24, 2.45) is 5.41 Å². The van der Waals surface area contributed by atoms with Crippen molar-refractivity contribution < 1.29 is 13.9 Å². The van der Waals surface area contributed by atoms with Crippen molar-refractivity contribution in [3.63, 3.8) is 0 Å². The molecule has 0 radical (unpaired) electrons. The van der Waals surface area contributed by atoms with Gasteiger partial charge in [-0.1, -0.05) is 18.2 Å². The minimum atomic E-state index is -1.50. The molecule has 4 aliphatic rings. The summed E-state index contributed by atoms with van der Waals surface area (Å²) in [7, 11) is 0. The Morgan fingerprint density at radius 1 is 1.14 bits per heavy atom. The van der Waals surface area contributed by atoms with E-state index in [0.29, 0.717) is 31.4 Å². The van der Waals surface area contributed by atoms with Gasteiger partial charge in [-0.05, 0) is 82.5 Å². The van der Waals surface area contributed by atoms with Crippen molar-refractivity contribution in [1.29, 1.82) is 0 Å². The molecule has 1 amide bonds. The number of hydrogen-bond donors (Lipinski definition) is 0. The molecule has 2 saturated carbocycles. The van der Waals surface area contributed by atoms with E-state index >= 15 is 0 Å². The molecule has 1 spiro atoms. The Labute approximate surface area is 173 Å². The number of ether oxygens (including phenoxy) is 1. The van der Waals surface area contributed by atoms with E-state index in [1.54, 1.807) is 4.90 Å². The van der Waals surface area contributed by atoms with Crippen molar-refractivity contribution in [2.45, 2.75) is 69.5 Å². The summed E-state index contributed by atoms with van der Waals surface area (Å²) in [4.78, 5) is 16.7. The van der Waals surface area contributed by atoms with Gasteiger partial charge < -0.3 is 14.5 Å². The van der Waals surface area contributed by atoms with Crippen LogP contribution in [-0.2, 0) is 4.79 Å². The van der Waals surface area contributed by atoms with Gasteiger partial charge in [0.05, 0.1) is 6.61 Å². The smallest absolute Gasteiger partial charge is 0.260 e. The molecular formula is C24H33FN2O2. The lowest BCUT2D eigenvalue weighted by Crippen LogP contribution is -2.60. The zero-order valence-corrected chi connectivity index (χ0v) is 17.5. The standard InChI is InChI=1S/C24H33FN2O2/c1-2-29-21-6-4-3-5-20(21)18-8-13-26(14-9-18)19-7-10-23(15-19)16-27(17-23)22(28)24(25)11-12-24/h3-6,18-19H,2,7-17H2,1H3. The number of halogens is 1. The molecule has 4 fully saturated rings. The second-order valence-corrected chi connectivity index (χ2v) is 9.80. The fraction of sp³-hybridized carbons (Fsp3) is 0.708. The fourth-order valence-corrected chi connectivity index (χ4v) is 5.97. The van der Waals surface area contributed by atoms with Crippen LogP contribution >= 0.6 is 0 Å². The second kappa shape index (κ2) is 7.26. The molecule has 4 nitrogen and oxygen atoms in total. The van der Waals surface area contributed by atoms with E-state index in [2.05, 4.69) is 29.2 Å². The van der Waals surface area contributed by atoms with E-state index < -0.39 is 5.67 Å². The van der Waals surface area contributed by atoms with Gasteiger partial charge >= 0.3 is 0 Å². The van der Waals surface area contributed by atoms with Crippen LogP contribution in [0.3, 0.4) is 0 Å². The molecule has 1 aromatic carbocycles. The third-order valence-electron chi connectivity index (χ3n) is 7.79. The van der Waals surface area contributed by atoms with E-state index in [1.807, 2.05) is 6.92 Å². The number of hydrogen-bond acceptors (Lipinski definition) is 3. The zero-order chi connectivity index (χ0) is 20.1. The molecule has 5 heteroatoms. The summed E-state index contributed by atoms with van der Waals surface area (Å²) in [5, 5.41) is 0. The summed E-state index contributed by atoms with van der Waals surface area (Å²) in [5.74, 6) is 1.40. The molecule has 2 saturated heterocycles. The van der Waals surface area contributed by atoms with Crippen molar-refractivity contribution in [3.8, 4) is 5.75 Å². The number of carbonyl (C=O) groups is 1. The van der Waals surface area contributed by atoms with E-state index in [-0.39, 0.29) is 11.3 Å². The zero-order valence-electron chi connectivity index (χ0n) is 17.5. The number of nitrogens with zero attached hydrogens (tertiary/aromatic N) is 2. The Bertz CT molecular complexity index is 764. The number of alkyl halides is 1. The third-order valence-corrected chi connectivity index (χ3v) is 7.79. The molecule has 0 bridgehead atoms. The fourth-order valence-electron chi connectivity index (χ4n) is 5.97. The van der Waals surface area contributed by atoms with Gasteiger partial charge in [-0.3, -0.25) is 4.79 Å². The summed E-state index contributed by atoms with van der Waals surface area (Å²) in [6, 6.07) is 9.14. The summed E-state index contributed by atoms with van der Waals surface area (Å²) < 4.78 is 19.9. The highest BCUT2D eigenvalue weighted by Crippen LogP contribution is 2.51. The topological polar surface area (TPSA) is 32.8 Å². The molecule has 158 valence electrons. The molecule has 0 N–H and O–H groups in total. The number of carbonyl (C=O) groups excluding carboxylic acids is 1. The van der Waals surface area contributed by atoms with Crippen LogP contribution in [0.1, 0.15) is 63.4 Å². The Morgan fingerprint density at radius 3 is 2.55 bits per heavy atom. The normalized spacial score (nSPS) is 28.3. The first-order chi connectivity index (χ1) is 14.0. The number of para-hydroxylation sites is 1. The Balaban J connectivity index is 1.14. The van der Waals surface area contributed by atoms with Crippen LogP contribution in [0.5, 0.6) is 5.75 Å². The van der Waals surface area contributed by atoms with Crippen LogP contribution in [0, 0.1) is 5.41 Å². The highest BCUT2D eigenvalue weighted by Gasteiger charge is 2.58. The van der Waals surface area contributed by atoms with Gasteiger partial charge in [0, 0.05) is 24.5 Å². The lowest BCUT2D eigenvalue weighted by Gasteiger charge is -2.49. The maximum Gasteiger partial charge on any atom is 0.260 e. The molecule has 2 heterocycles. The first-order valence-corrected chi connectivity index (χ1v) is 11.5. The summed E-state index contributed by atoms with van der Waals surface area (Å²) in [6.07, 6.45) is 6.82. The van der Waals surface area contributed by atoms with Crippen LogP contribution in [0.25, 0.3) is 0 Å². The number of rotatable bonds is 5. The van der Waals surface area contributed by atoms with Crippen LogP contribution in [-0.4, -0.2) is 60.2 Å². The number of amides is 1. The maximum absolute atomic E-state index is 14.1. The maximum atomic E-state index is 14.1. The summed E-state index contributed by atoms with van der Waals surface area (Å²) in [6.45, 7) is 6.61. The van der Waals surface area contributed by atoms with Crippen molar-refractivity contribution >= 4 is 5.91 Å². The lowest BCUT2D eigenvalue weighted by atomic mass is 9.77. The van der Waals surface area contributed by atoms with Gasteiger partial charge in [-0.2, -0.15) is 0 Å². The van der Waals surface area contributed by atoms with E-state index in [1.165, 1.54) is 37.7 Å². The molecule has 1 atom stereocenters. The molecule has 5 rings (SSSR count). The molecule has 2 aliphatic heterocycles. The van der Waals surface area contributed by atoms with Gasteiger partial charge in [0.15, 0.2) is 5.67 Å². The van der Waals surface area contributed by atoms with E-state index in [9.17, 15) is 9.18 Å². The molecular weight excluding hydrogens is 367 g/mol. The predicted octanol–water partition coefficient (Wildman–Crippen LogP) is 4.15. The van der Waals surface area contributed by atoms with Crippen molar-refractivity contribution in [1.82, 2.24) is 9.80 Å². The van der Waals surface area contributed by atoms with E-state index in [0.717, 1.165) is 31.9 Å². The number of benzene rings is 1. The van der Waals surface area contributed by atoms with Gasteiger partial charge in [0.2, 0.25) is 0 Å². The molecule has 1 unspecified atom stereocenters. The van der Waals surface area contributed by atoms with Crippen molar-refractivity contribution in [3.05, 3.63) is 29.8 Å². The highest BCUT2D eigenvalue weighted by molar-refractivity contribution is 5.88. The second-order valence-electron chi connectivity index (χ2n) is 9.80. The van der Waals surface area contributed by atoms with Gasteiger partial charge in [0.1, 0.15) is 5.75 Å². The highest BCUT2D eigenvalue weighted by atomic mass is 19.1. The lowest BCUT2D eigenvalue weighted by molar-refractivity contribution is -0.150. The van der Waals surface area contributed by atoms with Crippen molar-refractivity contribution in [2.75, 3.05) is 32.8 Å². The first-order valence-electron chi connectivity index (χ1n) is 11.5. The Kier molecular flexibility index (Phi) is 4.84. The summed E-state index contributed by atoms with van der Waals surface area (Å²) >= 11 is 0. The Morgan fingerprint density at radius 2 is 1.86 bits per heavy atom. The van der Waals surface area contributed by atoms with Gasteiger partial charge in [-0.25, -0.2) is 4.39 Å². The predicted molar refractivity (Wildman–Crippen MR) is 111 cm³/mol. The minimum absolute atomic E-state index is 0.236. The molecule has 2 aliphatic carbocycles. The average molecular weight is 401 g/mol. The minimum Gasteiger partial charge on any atom is -0.494 e. The van der Waals surface area contributed by atoms with Gasteiger partial charge in [-0.15, -0.1) is 0 Å². The number of piperidine rings is 1. The Hall–Kier alpha value is -1.62. The largest absolute Gasteiger partial charge is 0.494 e. The van der Waals surface area contributed by atoms with Crippen LogP contribution < -0.4 is 4.74 Å². The molecule has 29 heavy (non-hydrogen) atoms. The number of likely N-dealkylation sites (tertiary alicyclic amines) is 2. The molecule has 0 aromatic heterocycles. The van der Waals surface area contributed by atoms with Crippen LogP contribution in [0.4, 0.5) is 4.39 Å². The third kappa shape index (κ3) is 3.56. The van der Waals surface area contributed by atoms with E-state index in [4.69, 9.17) is 4.74 Å². The SMILES string of the molecule is CCOc1ccccc1C1CCN(C2CCC3(C2)CN(C(=O)C2(F)CC2)C3)CC1. The quantitative estimate of drug-likeness (QED) is 0.744. The first kappa shape index (κ1) is 19.3. The monoisotopic (exact) mass is 400 g/mol. The average Bonchev–Trinajstić information content (AvgIpc) is 3.31. The summed E-state index contributed by atoms with van der Waals surface area (Å²) in [5.41, 5.74) is 0.133. The molecule has 1 aromatic rings. The van der Waals surface area contributed by atoms with Gasteiger partial charge in [0.25, 0.3) is 5.91 Å². The van der Waals surface area contributed by atoms with Crippen LogP contribution in [0.15, 0.2) is 24.3 Å². The van der Waals surface area contributed by atoms with Crippen LogP contribution in [0.2, 0.25) is 0 Å².